The van der Waals surface area contributed by atoms with Crippen LogP contribution in [0.15, 0.2) is 28.9 Å². The molecular weight excluding hydrogens is 230 g/mol. The third-order valence-corrected chi connectivity index (χ3v) is 2.87. The molecule has 4 heteroatoms. The molecule has 0 N–H and O–H groups in total. The molecule has 0 atom stereocenters. The summed E-state index contributed by atoms with van der Waals surface area (Å²) < 4.78 is 10.5. The number of aromatic nitrogens is 1. The van der Waals surface area contributed by atoms with Gasteiger partial charge in [0.25, 0.3) is 0 Å². The fraction of sp³-hybridized carbons (Fsp3) is 0.286. The van der Waals surface area contributed by atoms with Gasteiger partial charge < -0.3 is 9.26 Å². The van der Waals surface area contributed by atoms with Crippen LogP contribution in [-0.4, -0.2) is 18.0 Å². The quantitative estimate of drug-likeness (QED) is 0.776. The summed E-state index contributed by atoms with van der Waals surface area (Å²) in [5.74, 6) is 1.07. The molecule has 18 heavy (non-hydrogen) atoms. The highest BCUT2D eigenvalue weighted by molar-refractivity contribution is 5.99. The Kier molecular flexibility index (Phi) is 3.46. The average molecular weight is 245 g/mol. The van der Waals surface area contributed by atoms with Gasteiger partial charge >= 0.3 is 0 Å². The first-order chi connectivity index (χ1) is 8.67. The zero-order valence-corrected chi connectivity index (χ0v) is 10.7. The number of nitrogens with zero attached hydrogens (tertiary/aromatic N) is 1. The number of ether oxygens (including phenoxy) is 1. The maximum atomic E-state index is 11.5. The molecule has 0 fully saturated rings. The Morgan fingerprint density at radius 2 is 2.22 bits per heavy atom. The number of hydrogen-bond acceptors (Lipinski definition) is 4. The maximum absolute atomic E-state index is 11.5. The SMILES string of the molecule is CCc1ccc(OC)c(-c2oncc2C(C)=O)c1. The highest BCUT2D eigenvalue weighted by Gasteiger charge is 2.18. The van der Waals surface area contributed by atoms with Crippen LogP contribution in [0, 0.1) is 0 Å². The average Bonchev–Trinajstić information content (AvgIpc) is 2.87. The van der Waals surface area contributed by atoms with E-state index in [0.717, 1.165) is 17.5 Å². The van der Waals surface area contributed by atoms with Crippen LogP contribution in [0.2, 0.25) is 0 Å². The number of Topliss-reactive ketones (excluding diaryl/α,β-unsaturated/α-hetero) is 1. The van der Waals surface area contributed by atoms with Crippen molar-refractivity contribution in [3.63, 3.8) is 0 Å². The summed E-state index contributed by atoms with van der Waals surface area (Å²) in [5.41, 5.74) is 2.39. The first kappa shape index (κ1) is 12.4. The summed E-state index contributed by atoms with van der Waals surface area (Å²) in [5, 5.41) is 3.70. The number of carbonyl (C=O) groups excluding carboxylic acids is 1. The highest BCUT2D eigenvalue weighted by atomic mass is 16.5. The Balaban J connectivity index is 2.61. The van der Waals surface area contributed by atoms with Crippen LogP contribution in [0.25, 0.3) is 11.3 Å². The van der Waals surface area contributed by atoms with Gasteiger partial charge in [0.15, 0.2) is 11.5 Å². The molecule has 0 aliphatic carbocycles. The number of benzene rings is 1. The van der Waals surface area contributed by atoms with Gasteiger partial charge in [-0.05, 0) is 31.0 Å². The van der Waals surface area contributed by atoms with E-state index >= 15 is 0 Å². The third-order valence-electron chi connectivity index (χ3n) is 2.87. The molecule has 2 rings (SSSR count). The molecule has 4 nitrogen and oxygen atoms in total. The summed E-state index contributed by atoms with van der Waals surface area (Å²) in [4.78, 5) is 11.5. The van der Waals surface area contributed by atoms with Crippen molar-refractivity contribution < 1.29 is 14.1 Å². The van der Waals surface area contributed by atoms with Crippen molar-refractivity contribution in [3.05, 3.63) is 35.5 Å². The number of hydrogen-bond donors (Lipinski definition) is 0. The van der Waals surface area contributed by atoms with E-state index in [1.165, 1.54) is 13.1 Å². The molecule has 0 bridgehead atoms. The van der Waals surface area contributed by atoms with Crippen molar-refractivity contribution in [1.29, 1.82) is 0 Å². The second kappa shape index (κ2) is 5.04. The first-order valence-corrected chi connectivity index (χ1v) is 5.80. The van der Waals surface area contributed by atoms with Gasteiger partial charge in [0.1, 0.15) is 5.75 Å². The number of rotatable bonds is 4. The van der Waals surface area contributed by atoms with Gasteiger partial charge in [-0.25, -0.2) is 0 Å². The van der Waals surface area contributed by atoms with Gasteiger partial charge in [-0.2, -0.15) is 0 Å². The minimum atomic E-state index is -0.0739. The van der Waals surface area contributed by atoms with Crippen molar-refractivity contribution in [2.75, 3.05) is 7.11 Å². The normalized spacial score (nSPS) is 10.4. The second-order valence-electron chi connectivity index (χ2n) is 4.01. The fourth-order valence-corrected chi connectivity index (χ4v) is 1.84. The monoisotopic (exact) mass is 245 g/mol. The fourth-order valence-electron chi connectivity index (χ4n) is 1.84. The predicted octanol–water partition coefficient (Wildman–Crippen LogP) is 3.12. The van der Waals surface area contributed by atoms with Crippen molar-refractivity contribution >= 4 is 5.78 Å². The summed E-state index contributed by atoms with van der Waals surface area (Å²) in [6.45, 7) is 3.56. The molecule has 94 valence electrons. The van der Waals surface area contributed by atoms with Crippen molar-refractivity contribution in [2.45, 2.75) is 20.3 Å². The lowest BCUT2D eigenvalue weighted by Gasteiger charge is -2.08. The lowest BCUT2D eigenvalue weighted by molar-refractivity contribution is 0.101. The Labute approximate surface area is 106 Å². The summed E-state index contributed by atoms with van der Waals surface area (Å²) in [7, 11) is 1.59. The van der Waals surface area contributed by atoms with Crippen molar-refractivity contribution in [3.8, 4) is 17.1 Å². The Morgan fingerprint density at radius 1 is 1.44 bits per heavy atom. The molecule has 0 saturated carbocycles. The largest absolute Gasteiger partial charge is 0.496 e. The first-order valence-electron chi connectivity index (χ1n) is 5.80. The standard InChI is InChI=1S/C14H15NO3/c1-4-10-5-6-13(17-3)11(7-10)14-12(9(2)16)8-15-18-14/h5-8H,4H2,1-3H3. The van der Waals surface area contributed by atoms with Gasteiger partial charge in [-0.1, -0.05) is 18.1 Å². The van der Waals surface area contributed by atoms with E-state index in [0.29, 0.717) is 17.1 Å². The van der Waals surface area contributed by atoms with Crippen LogP contribution in [0.4, 0.5) is 0 Å². The molecule has 0 saturated heterocycles. The van der Waals surface area contributed by atoms with Crippen LogP contribution in [-0.2, 0) is 6.42 Å². The lowest BCUT2D eigenvalue weighted by atomic mass is 10.0. The summed E-state index contributed by atoms with van der Waals surface area (Å²) in [6.07, 6.45) is 2.34. The van der Waals surface area contributed by atoms with Crippen LogP contribution >= 0.6 is 0 Å². The van der Waals surface area contributed by atoms with Gasteiger partial charge in [-0.3, -0.25) is 4.79 Å². The molecule has 0 aliphatic rings. The van der Waals surface area contributed by atoms with Crippen LogP contribution in [0.5, 0.6) is 5.75 Å². The van der Waals surface area contributed by atoms with E-state index < -0.39 is 0 Å². The molecule has 0 unspecified atom stereocenters. The van der Waals surface area contributed by atoms with Crippen LogP contribution in [0.3, 0.4) is 0 Å². The van der Waals surface area contributed by atoms with Crippen molar-refractivity contribution in [2.24, 2.45) is 0 Å². The number of aryl methyl sites for hydroxylation is 1. The Hall–Kier alpha value is -2.10. The van der Waals surface area contributed by atoms with Crippen LogP contribution < -0.4 is 4.74 Å². The molecule has 0 aliphatic heterocycles. The number of methoxy groups -OCH3 is 1. The third kappa shape index (κ3) is 2.14. The predicted molar refractivity (Wildman–Crippen MR) is 67.9 cm³/mol. The molecule has 1 heterocycles. The van der Waals surface area contributed by atoms with E-state index in [4.69, 9.17) is 9.26 Å². The second-order valence-corrected chi connectivity index (χ2v) is 4.01. The smallest absolute Gasteiger partial charge is 0.181 e. The lowest BCUT2D eigenvalue weighted by Crippen LogP contribution is -1.95. The molecule has 0 radical (unpaired) electrons. The zero-order chi connectivity index (χ0) is 13.1. The van der Waals surface area contributed by atoms with E-state index in [9.17, 15) is 4.79 Å². The van der Waals surface area contributed by atoms with Crippen LogP contribution in [0.1, 0.15) is 29.8 Å². The minimum absolute atomic E-state index is 0.0739. The molecule has 1 aromatic carbocycles. The summed E-state index contributed by atoms with van der Waals surface area (Å²) >= 11 is 0. The van der Waals surface area contributed by atoms with E-state index in [2.05, 4.69) is 12.1 Å². The van der Waals surface area contributed by atoms with Crippen molar-refractivity contribution in [1.82, 2.24) is 5.16 Å². The molecular formula is C14H15NO3. The minimum Gasteiger partial charge on any atom is -0.496 e. The molecule has 0 spiro atoms. The summed E-state index contributed by atoms with van der Waals surface area (Å²) in [6, 6.07) is 5.83. The Morgan fingerprint density at radius 3 is 2.83 bits per heavy atom. The van der Waals surface area contributed by atoms with Gasteiger partial charge in [-0.15, -0.1) is 0 Å². The molecule has 2 aromatic rings. The number of ketones is 1. The number of carbonyl (C=O) groups is 1. The molecule has 1 aromatic heterocycles. The topological polar surface area (TPSA) is 52.3 Å². The van der Waals surface area contributed by atoms with E-state index in [-0.39, 0.29) is 5.78 Å². The Bertz CT molecular complexity index is 572. The highest BCUT2D eigenvalue weighted by Crippen LogP contribution is 2.33. The van der Waals surface area contributed by atoms with E-state index in [1.807, 2.05) is 18.2 Å². The van der Waals surface area contributed by atoms with Gasteiger partial charge in [0.05, 0.1) is 24.4 Å². The van der Waals surface area contributed by atoms with E-state index in [1.54, 1.807) is 7.11 Å². The van der Waals surface area contributed by atoms with Gasteiger partial charge in [0, 0.05) is 0 Å². The van der Waals surface area contributed by atoms with Gasteiger partial charge in [0.2, 0.25) is 0 Å². The maximum Gasteiger partial charge on any atom is 0.181 e. The molecule has 0 amide bonds. The zero-order valence-electron chi connectivity index (χ0n) is 10.7.